The number of hydrogen-bond acceptors (Lipinski definition) is 4. The maximum absolute atomic E-state index is 5.48. The zero-order chi connectivity index (χ0) is 16.4. The van der Waals surface area contributed by atoms with Crippen LogP contribution in [-0.4, -0.2) is 47.4 Å². The Kier molecular flexibility index (Phi) is 11.4. The Morgan fingerprint density at radius 1 is 1.00 bits per heavy atom. The van der Waals surface area contributed by atoms with Crippen molar-refractivity contribution >= 4 is 29.9 Å². The van der Waals surface area contributed by atoms with E-state index in [4.69, 9.17) is 14.2 Å². The van der Waals surface area contributed by atoms with E-state index < -0.39 is 0 Å². The maximum atomic E-state index is 5.48. The van der Waals surface area contributed by atoms with Crippen molar-refractivity contribution in [3.05, 3.63) is 17.7 Å². The van der Waals surface area contributed by atoms with Crippen molar-refractivity contribution in [3.8, 4) is 17.2 Å². The Balaban J connectivity index is 0.00000484. The molecule has 1 aromatic carbocycles. The lowest BCUT2D eigenvalue weighted by Crippen LogP contribution is -2.38. The normalized spacial score (nSPS) is 10.6. The van der Waals surface area contributed by atoms with Gasteiger partial charge in [0.05, 0.1) is 21.3 Å². The average molecular weight is 437 g/mol. The van der Waals surface area contributed by atoms with Crippen LogP contribution in [0.5, 0.6) is 17.2 Å². The fourth-order valence-electron chi connectivity index (χ4n) is 2.14. The molecule has 0 heterocycles. The van der Waals surface area contributed by atoms with Crippen LogP contribution < -0.4 is 24.8 Å². The van der Waals surface area contributed by atoms with E-state index in [2.05, 4.69) is 22.5 Å². The smallest absolute Gasteiger partial charge is 0.203 e. The first-order valence-electron chi connectivity index (χ1n) is 7.44. The van der Waals surface area contributed by atoms with Crippen molar-refractivity contribution < 1.29 is 14.2 Å². The van der Waals surface area contributed by atoms with Crippen molar-refractivity contribution in [2.75, 3.05) is 41.5 Å². The summed E-state index contributed by atoms with van der Waals surface area (Å²) in [5.74, 6) is 2.80. The highest BCUT2D eigenvalue weighted by Gasteiger charge is 2.15. The van der Waals surface area contributed by atoms with Gasteiger partial charge in [0, 0.05) is 25.7 Å². The Hall–Kier alpha value is -1.38. The van der Waals surface area contributed by atoms with Gasteiger partial charge in [0.25, 0.3) is 0 Å². The second-order valence-electron chi connectivity index (χ2n) is 4.67. The predicted octanol–water partition coefficient (Wildman–Crippen LogP) is 2.45. The molecule has 1 aromatic rings. The molecular formula is C16H28IN3O3. The molecule has 0 aliphatic carbocycles. The molecule has 2 N–H and O–H groups in total. The minimum absolute atomic E-state index is 0. The molecule has 0 saturated heterocycles. The topological polar surface area (TPSA) is 64.1 Å². The monoisotopic (exact) mass is 437 g/mol. The van der Waals surface area contributed by atoms with Crippen molar-refractivity contribution in [2.45, 2.75) is 19.8 Å². The highest BCUT2D eigenvalue weighted by atomic mass is 127. The van der Waals surface area contributed by atoms with E-state index in [0.29, 0.717) is 17.2 Å². The number of nitrogens with zero attached hydrogens (tertiary/aromatic N) is 1. The van der Waals surface area contributed by atoms with Crippen LogP contribution in [0, 0.1) is 0 Å². The Bertz CT molecular complexity index is 496. The lowest BCUT2D eigenvalue weighted by molar-refractivity contribution is 0.322. The van der Waals surface area contributed by atoms with Crippen molar-refractivity contribution in [1.29, 1.82) is 0 Å². The second kappa shape index (κ2) is 12.1. The molecule has 23 heavy (non-hydrogen) atoms. The quantitative estimate of drug-likeness (QED) is 0.372. The van der Waals surface area contributed by atoms with Gasteiger partial charge in [0.2, 0.25) is 5.75 Å². The number of hydrogen-bond donors (Lipinski definition) is 2. The van der Waals surface area contributed by atoms with E-state index in [-0.39, 0.29) is 24.0 Å². The van der Waals surface area contributed by atoms with Gasteiger partial charge in [-0.05, 0) is 18.9 Å². The first kappa shape index (κ1) is 21.6. The van der Waals surface area contributed by atoms with Gasteiger partial charge in [-0.2, -0.15) is 0 Å². The molecule has 0 radical (unpaired) electrons. The van der Waals surface area contributed by atoms with E-state index in [1.165, 1.54) is 0 Å². The van der Waals surface area contributed by atoms with Gasteiger partial charge >= 0.3 is 0 Å². The molecule has 0 spiro atoms. The number of aliphatic imine (C=N–C) groups is 1. The molecule has 0 atom stereocenters. The summed E-state index contributed by atoms with van der Waals surface area (Å²) in [6.07, 6.45) is 1.85. The molecule has 0 aromatic heterocycles. The zero-order valence-corrected chi connectivity index (χ0v) is 16.9. The third-order valence-electron chi connectivity index (χ3n) is 3.24. The molecule has 0 saturated carbocycles. The molecule has 0 fully saturated rings. The number of benzene rings is 1. The lowest BCUT2D eigenvalue weighted by Gasteiger charge is -2.16. The number of rotatable bonds is 8. The van der Waals surface area contributed by atoms with E-state index in [0.717, 1.165) is 37.5 Å². The van der Waals surface area contributed by atoms with Crippen LogP contribution in [0.15, 0.2) is 17.1 Å². The summed E-state index contributed by atoms with van der Waals surface area (Å²) in [4.78, 5) is 4.18. The van der Waals surface area contributed by atoms with Crippen LogP contribution in [0.2, 0.25) is 0 Å². The van der Waals surface area contributed by atoms with E-state index in [9.17, 15) is 0 Å². The number of nitrogens with one attached hydrogen (secondary N) is 2. The fourth-order valence-corrected chi connectivity index (χ4v) is 2.14. The minimum Gasteiger partial charge on any atom is -0.493 e. The van der Waals surface area contributed by atoms with Crippen LogP contribution >= 0.6 is 24.0 Å². The molecule has 0 unspecified atom stereocenters. The van der Waals surface area contributed by atoms with Crippen molar-refractivity contribution in [3.63, 3.8) is 0 Å². The third-order valence-corrected chi connectivity index (χ3v) is 3.24. The van der Waals surface area contributed by atoms with E-state index in [1.54, 1.807) is 28.4 Å². The summed E-state index contributed by atoms with van der Waals surface area (Å²) in [5, 5.41) is 6.52. The second-order valence-corrected chi connectivity index (χ2v) is 4.67. The Labute approximate surface area is 156 Å². The summed E-state index contributed by atoms with van der Waals surface area (Å²) in [6.45, 7) is 3.77. The molecule has 0 aliphatic rings. The molecule has 132 valence electrons. The van der Waals surface area contributed by atoms with E-state index >= 15 is 0 Å². The van der Waals surface area contributed by atoms with Gasteiger partial charge in [-0.1, -0.05) is 13.0 Å². The summed E-state index contributed by atoms with van der Waals surface area (Å²) in [6, 6.07) is 3.88. The zero-order valence-electron chi connectivity index (χ0n) is 14.6. The Morgan fingerprint density at radius 2 is 1.65 bits per heavy atom. The van der Waals surface area contributed by atoms with Crippen molar-refractivity contribution in [2.24, 2.45) is 4.99 Å². The number of ether oxygens (including phenoxy) is 3. The molecular weight excluding hydrogens is 409 g/mol. The van der Waals surface area contributed by atoms with Gasteiger partial charge < -0.3 is 24.8 Å². The van der Waals surface area contributed by atoms with Crippen LogP contribution in [-0.2, 0) is 6.42 Å². The highest BCUT2D eigenvalue weighted by Crippen LogP contribution is 2.39. The largest absolute Gasteiger partial charge is 0.493 e. The number of guanidine groups is 1. The minimum atomic E-state index is 0. The summed E-state index contributed by atoms with van der Waals surface area (Å²) < 4.78 is 16.2. The van der Waals surface area contributed by atoms with Crippen molar-refractivity contribution in [1.82, 2.24) is 10.6 Å². The third kappa shape index (κ3) is 6.32. The SMILES string of the molecule is CCCNC(=NC)NCCc1ccc(OC)c(OC)c1OC.I. The maximum Gasteiger partial charge on any atom is 0.203 e. The van der Waals surface area contributed by atoms with Gasteiger partial charge in [-0.3, -0.25) is 4.99 Å². The molecule has 0 aliphatic heterocycles. The van der Waals surface area contributed by atoms with E-state index in [1.807, 2.05) is 12.1 Å². The highest BCUT2D eigenvalue weighted by molar-refractivity contribution is 14.0. The summed E-state index contributed by atoms with van der Waals surface area (Å²) in [5.41, 5.74) is 1.05. The number of halogens is 1. The predicted molar refractivity (Wildman–Crippen MR) is 105 cm³/mol. The average Bonchev–Trinajstić information content (AvgIpc) is 2.56. The first-order valence-corrected chi connectivity index (χ1v) is 7.44. The molecule has 6 nitrogen and oxygen atoms in total. The standard InChI is InChI=1S/C16H27N3O3.HI/c1-6-10-18-16(17-2)19-11-9-12-7-8-13(20-3)15(22-5)14(12)21-4;/h7-8H,6,9-11H2,1-5H3,(H2,17,18,19);1H. The number of methoxy groups -OCH3 is 3. The Morgan fingerprint density at radius 3 is 2.17 bits per heavy atom. The molecule has 1 rings (SSSR count). The summed E-state index contributed by atoms with van der Waals surface area (Å²) >= 11 is 0. The summed E-state index contributed by atoms with van der Waals surface area (Å²) in [7, 11) is 6.62. The first-order chi connectivity index (χ1) is 10.7. The van der Waals surface area contributed by atoms with Crippen LogP contribution in [0.25, 0.3) is 0 Å². The molecule has 0 amide bonds. The lowest BCUT2D eigenvalue weighted by atomic mass is 10.1. The van der Waals surface area contributed by atoms with Crippen LogP contribution in [0.1, 0.15) is 18.9 Å². The van der Waals surface area contributed by atoms with Crippen LogP contribution in [0.3, 0.4) is 0 Å². The van der Waals surface area contributed by atoms with Crippen LogP contribution in [0.4, 0.5) is 0 Å². The van der Waals surface area contributed by atoms with Gasteiger partial charge in [0.1, 0.15) is 0 Å². The van der Waals surface area contributed by atoms with Gasteiger partial charge in [-0.15, -0.1) is 24.0 Å². The molecule has 0 bridgehead atoms. The molecule has 7 heteroatoms. The van der Waals surface area contributed by atoms with Gasteiger partial charge in [0.15, 0.2) is 17.5 Å². The fraction of sp³-hybridized carbons (Fsp3) is 0.562. The van der Waals surface area contributed by atoms with Gasteiger partial charge in [-0.25, -0.2) is 0 Å².